The van der Waals surface area contributed by atoms with Crippen LogP contribution in [0.2, 0.25) is 5.04 Å². The summed E-state index contributed by atoms with van der Waals surface area (Å²) in [5.74, 6) is 0. The van der Waals surface area contributed by atoms with Gasteiger partial charge >= 0.3 is 0 Å². The van der Waals surface area contributed by atoms with Gasteiger partial charge in [-0.1, -0.05) is 81.4 Å². The van der Waals surface area contributed by atoms with Crippen LogP contribution in [0.25, 0.3) is 0 Å². The second kappa shape index (κ2) is 5.80. The van der Waals surface area contributed by atoms with E-state index in [1.807, 2.05) is 0 Å². The lowest BCUT2D eigenvalue weighted by Crippen LogP contribution is -2.68. The van der Waals surface area contributed by atoms with E-state index < -0.39 is 8.32 Å². The van der Waals surface area contributed by atoms with Crippen LogP contribution >= 0.6 is 0 Å². The number of fused-ring (bicyclic) bond motifs is 1. The highest BCUT2D eigenvalue weighted by Gasteiger charge is 2.65. The second-order valence-electron chi connectivity index (χ2n) is 8.64. The van der Waals surface area contributed by atoms with Crippen molar-refractivity contribution in [2.75, 3.05) is 0 Å². The number of hydrogen-bond acceptors (Lipinski definition) is 2. The zero-order valence-electron chi connectivity index (χ0n) is 15.7. The molecule has 0 aromatic heterocycles. The van der Waals surface area contributed by atoms with Gasteiger partial charge in [-0.15, -0.1) is 0 Å². The van der Waals surface area contributed by atoms with Gasteiger partial charge in [0.25, 0.3) is 8.32 Å². The van der Waals surface area contributed by atoms with Crippen LogP contribution in [-0.4, -0.2) is 26.1 Å². The minimum Gasteiger partial charge on any atom is -0.401 e. The van der Waals surface area contributed by atoms with E-state index in [1.54, 1.807) is 0 Å². The highest BCUT2D eigenvalue weighted by atomic mass is 28.4. The Balaban J connectivity index is 1.87. The van der Waals surface area contributed by atoms with Crippen molar-refractivity contribution in [2.24, 2.45) is 0 Å². The summed E-state index contributed by atoms with van der Waals surface area (Å²) >= 11 is 0. The highest BCUT2D eigenvalue weighted by molar-refractivity contribution is 6.99. The number of ether oxygens (including phenoxy) is 1. The Morgan fingerprint density at radius 1 is 0.920 bits per heavy atom. The molecule has 1 saturated heterocycles. The van der Waals surface area contributed by atoms with E-state index in [0.29, 0.717) is 6.10 Å². The minimum absolute atomic E-state index is 0.0268. The van der Waals surface area contributed by atoms with Gasteiger partial charge < -0.3 is 9.16 Å². The molecule has 1 aliphatic heterocycles. The van der Waals surface area contributed by atoms with Crippen molar-refractivity contribution in [2.45, 2.75) is 63.4 Å². The van der Waals surface area contributed by atoms with Gasteiger partial charge in [0.15, 0.2) is 0 Å². The largest absolute Gasteiger partial charge is 0.401 e. The van der Waals surface area contributed by atoms with E-state index in [1.165, 1.54) is 10.4 Å². The molecule has 1 aliphatic carbocycles. The molecule has 3 heteroatoms. The zero-order valence-corrected chi connectivity index (χ0v) is 16.7. The van der Waals surface area contributed by atoms with E-state index in [9.17, 15) is 0 Å². The Morgan fingerprint density at radius 2 is 1.44 bits per heavy atom. The molecule has 3 atom stereocenters. The van der Waals surface area contributed by atoms with E-state index in [2.05, 4.69) is 88.4 Å². The molecule has 0 spiro atoms. The Kier molecular flexibility index (Phi) is 3.95. The van der Waals surface area contributed by atoms with Gasteiger partial charge in [-0.2, -0.15) is 0 Å². The average Bonchev–Trinajstić information content (AvgIpc) is 3.17. The fourth-order valence-corrected chi connectivity index (χ4v) is 9.36. The van der Waals surface area contributed by atoms with Crippen LogP contribution in [0.5, 0.6) is 0 Å². The molecule has 1 saturated carbocycles. The molecule has 0 bridgehead atoms. The topological polar surface area (TPSA) is 21.8 Å². The highest BCUT2D eigenvalue weighted by Crippen LogP contribution is 2.53. The first kappa shape index (κ1) is 17.0. The van der Waals surface area contributed by atoms with Crippen molar-refractivity contribution < 1.29 is 9.16 Å². The third-order valence-corrected chi connectivity index (χ3v) is 11.1. The maximum Gasteiger partial charge on any atom is 0.261 e. The van der Waals surface area contributed by atoms with Gasteiger partial charge in [0, 0.05) is 0 Å². The SMILES string of the molecule is CC(C)(C)[Si](O[C@H]1CC[C@H]2O[C@@]12C)(c1ccccc1)c1ccccc1. The van der Waals surface area contributed by atoms with Crippen LogP contribution in [0.1, 0.15) is 40.5 Å². The number of benzene rings is 2. The van der Waals surface area contributed by atoms with Crippen molar-refractivity contribution in [3.05, 3.63) is 60.7 Å². The number of rotatable bonds is 4. The van der Waals surface area contributed by atoms with Crippen molar-refractivity contribution in [1.82, 2.24) is 0 Å². The van der Waals surface area contributed by atoms with Crippen LogP contribution in [0.15, 0.2) is 60.7 Å². The van der Waals surface area contributed by atoms with E-state index in [4.69, 9.17) is 9.16 Å². The lowest BCUT2D eigenvalue weighted by molar-refractivity contribution is 0.0862. The molecular formula is C22H28O2Si. The van der Waals surface area contributed by atoms with Crippen LogP contribution in [-0.2, 0) is 9.16 Å². The lowest BCUT2D eigenvalue weighted by Gasteiger charge is -2.45. The minimum atomic E-state index is -2.46. The summed E-state index contributed by atoms with van der Waals surface area (Å²) in [7, 11) is -2.46. The normalized spacial score (nSPS) is 28.6. The summed E-state index contributed by atoms with van der Waals surface area (Å²) in [6.45, 7) is 9.23. The third kappa shape index (κ3) is 2.61. The molecule has 25 heavy (non-hydrogen) atoms. The number of epoxide rings is 1. The smallest absolute Gasteiger partial charge is 0.261 e. The molecule has 2 aromatic carbocycles. The molecule has 1 heterocycles. The van der Waals surface area contributed by atoms with Gasteiger partial charge in [-0.3, -0.25) is 0 Å². The third-order valence-electron chi connectivity index (χ3n) is 6.04. The Hall–Kier alpha value is -1.42. The second-order valence-corrected chi connectivity index (χ2v) is 12.9. The Bertz CT molecular complexity index is 696. The lowest BCUT2D eigenvalue weighted by atomic mass is 10.1. The van der Waals surface area contributed by atoms with Crippen molar-refractivity contribution >= 4 is 18.7 Å². The van der Waals surface area contributed by atoms with Gasteiger partial charge in [0.2, 0.25) is 0 Å². The molecule has 132 valence electrons. The summed E-state index contributed by atoms with van der Waals surface area (Å²) in [5, 5.41) is 2.72. The molecule has 2 aliphatic rings. The molecule has 0 amide bonds. The Labute approximate surface area is 152 Å². The molecule has 4 rings (SSSR count). The summed E-state index contributed by atoms with van der Waals surface area (Å²) in [6.07, 6.45) is 2.81. The summed E-state index contributed by atoms with van der Waals surface area (Å²) in [5.41, 5.74) is -0.0763. The van der Waals surface area contributed by atoms with E-state index in [-0.39, 0.29) is 16.7 Å². The first-order valence-corrected chi connectivity index (χ1v) is 11.3. The standard InChI is InChI=1S/C22H28O2Si/c1-21(2,3)25(17-11-7-5-8-12-17,18-13-9-6-10-14-18)24-20-16-15-19-22(20,4)23-19/h5-14,19-20H,15-16H2,1-4H3/t19-,20+,22-/m1/s1. The fraction of sp³-hybridized carbons (Fsp3) is 0.455. The zero-order chi connectivity index (χ0) is 17.7. The average molecular weight is 353 g/mol. The summed E-state index contributed by atoms with van der Waals surface area (Å²) in [4.78, 5) is 0. The van der Waals surface area contributed by atoms with Crippen molar-refractivity contribution in [3.63, 3.8) is 0 Å². The molecule has 2 fully saturated rings. The van der Waals surface area contributed by atoms with Crippen LogP contribution < -0.4 is 10.4 Å². The quantitative estimate of drug-likeness (QED) is 0.615. The molecule has 0 unspecified atom stereocenters. The van der Waals surface area contributed by atoms with E-state index >= 15 is 0 Å². The fourth-order valence-electron chi connectivity index (χ4n) is 4.57. The van der Waals surface area contributed by atoms with Crippen molar-refractivity contribution in [1.29, 1.82) is 0 Å². The number of hydrogen-bond donors (Lipinski definition) is 0. The van der Waals surface area contributed by atoms with Crippen molar-refractivity contribution in [3.8, 4) is 0 Å². The first-order chi connectivity index (χ1) is 11.9. The molecule has 0 radical (unpaired) electrons. The van der Waals surface area contributed by atoms with Gasteiger partial charge in [0.1, 0.15) is 5.60 Å². The predicted molar refractivity (Wildman–Crippen MR) is 105 cm³/mol. The molecular weight excluding hydrogens is 324 g/mol. The predicted octanol–water partition coefficient (Wildman–Crippen LogP) is 3.88. The van der Waals surface area contributed by atoms with Crippen LogP contribution in [0.3, 0.4) is 0 Å². The maximum atomic E-state index is 7.21. The molecule has 2 nitrogen and oxygen atoms in total. The molecule has 2 aromatic rings. The summed E-state index contributed by atoms with van der Waals surface area (Å²) in [6, 6.07) is 21.8. The maximum absolute atomic E-state index is 7.21. The monoisotopic (exact) mass is 352 g/mol. The van der Waals surface area contributed by atoms with Crippen LogP contribution in [0, 0.1) is 0 Å². The van der Waals surface area contributed by atoms with E-state index in [0.717, 1.165) is 12.8 Å². The van der Waals surface area contributed by atoms with Gasteiger partial charge in [0.05, 0.1) is 12.2 Å². The molecule has 0 N–H and O–H groups in total. The van der Waals surface area contributed by atoms with Crippen LogP contribution in [0.4, 0.5) is 0 Å². The Morgan fingerprint density at radius 3 is 1.80 bits per heavy atom. The first-order valence-electron chi connectivity index (χ1n) is 9.34. The summed E-state index contributed by atoms with van der Waals surface area (Å²) < 4.78 is 13.2. The van der Waals surface area contributed by atoms with Gasteiger partial charge in [-0.05, 0) is 35.2 Å². The van der Waals surface area contributed by atoms with Gasteiger partial charge in [-0.25, -0.2) is 0 Å².